The largest absolute Gasteiger partial charge is 0.353 e. The highest BCUT2D eigenvalue weighted by atomic mass is 32.2. The molecule has 0 unspecified atom stereocenters. The number of carbonyl (C=O) groups excluding carboxylic acids is 2. The number of ether oxygens (including phenoxy) is 2. The maximum absolute atomic E-state index is 15.1. The van der Waals surface area contributed by atoms with Gasteiger partial charge in [-0.3, -0.25) is 14.5 Å². The fourth-order valence-corrected chi connectivity index (χ4v) is 12.2. The van der Waals surface area contributed by atoms with E-state index >= 15 is 8.42 Å². The number of fused-ring (bicyclic) bond motifs is 11. The van der Waals surface area contributed by atoms with Gasteiger partial charge in [0.2, 0.25) is 20.0 Å². The van der Waals surface area contributed by atoms with Gasteiger partial charge < -0.3 is 19.0 Å². The summed E-state index contributed by atoms with van der Waals surface area (Å²) in [6, 6.07) is 26.1. The molecule has 15 heteroatoms. The highest BCUT2D eigenvalue weighted by molar-refractivity contribution is 7.89. The summed E-state index contributed by atoms with van der Waals surface area (Å²) in [5.41, 5.74) is 5.08. The van der Waals surface area contributed by atoms with E-state index < -0.39 is 61.9 Å². The van der Waals surface area contributed by atoms with Crippen LogP contribution in [0, 0.1) is 13.8 Å². The lowest BCUT2D eigenvalue weighted by atomic mass is 9.94. The summed E-state index contributed by atoms with van der Waals surface area (Å²) in [6.45, 7) is 6.91. The number of aryl methyl sites for hydroxylation is 2. The number of aromatic amines is 1. The first-order valence-corrected chi connectivity index (χ1v) is 22.3. The van der Waals surface area contributed by atoms with Crippen LogP contribution in [0.15, 0.2) is 107 Å². The van der Waals surface area contributed by atoms with Crippen molar-refractivity contribution in [3.8, 4) is 0 Å². The predicted octanol–water partition coefficient (Wildman–Crippen LogP) is 6.21. The number of benzene rings is 5. The van der Waals surface area contributed by atoms with Gasteiger partial charge in [0.05, 0.1) is 44.0 Å². The molecular formula is C44H41N5O8S2. The molecule has 5 aromatic carbocycles. The zero-order valence-electron chi connectivity index (χ0n) is 32.9. The number of H-pyrrole nitrogens is 1. The Morgan fingerprint density at radius 2 is 1.32 bits per heavy atom. The Balaban J connectivity index is 1.21. The van der Waals surface area contributed by atoms with Crippen molar-refractivity contribution in [2.24, 2.45) is 0 Å². The average molecular weight is 832 g/mol. The van der Waals surface area contributed by atoms with Crippen LogP contribution in [0.4, 0.5) is 0 Å². The monoisotopic (exact) mass is 831 g/mol. The Labute approximate surface area is 340 Å². The first kappa shape index (κ1) is 37.8. The van der Waals surface area contributed by atoms with Crippen LogP contribution in [0.3, 0.4) is 0 Å². The third kappa shape index (κ3) is 5.70. The normalized spacial score (nSPS) is 22.3. The molecule has 3 aliphatic rings. The van der Waals surface area contributed by atoms with E-state index in [9.17, 15) is 18.0 Å². The summed E-state index contributed by atoms with van der Waals surface area (Å²) in [4.78, 5) is 32.8. The van der Waals surface area contributed by atoms with Gasteiger partial charge >= 0.3 is 0 Å². The Morgan fingerprint density at radius 3 is 2.00 bits per heavy atom. The van der Waals surface area contributed by atoms with Crippen molar-refractivity contribution in [3.63, 3.8) is 0 Å². The fraction of sp³-hybridized carbons (Fsp3) is 0.273. The minimum Gasteiger partial charge on any atom is -0.353 e. The van der Waals surface area contributed by atoms with Crippen molar-refractivity contribution in [2.45, 2.75) is 74.1 Å². The molecule has 302 valence electrons. The van der Waals surface area contributed by atoms with Crippen molar-refractivity contribution >= 4 is 75.5 Å². The summed E-state index contributed by atoms with van der Waals surface area (Å²) in [5, 5.41) is 2.66. The number of hydrogen-bond donors (Lipinski definition) is 2. The van der Waals surface area contributed by atoms with Crippen LogP contribution in [-0.4, -0.2) is 91.1 Å². The highest BCUT2D eigenvalue weighted by Crippen LogP contribution is 2.46. The topological polar surface area (TPSA) is 160 Å². The summed E-state index contributed by atoms with van der Waals surface area (Å²) in [6.07, 6.45) is -1.87. The maximum Gasteiger partial charge on any atom is 0.262 e. The van der Waals surface area contributed by atoms with Gasteiger partial charge in [-0.05, 0) is 64.1 Å². The molecule has 13 nitrogen and oxygen atoms in total. The van der Waals surface area contributed by atoms with Gasteiger partial charge in [0, 0.05) is 52.7 Å². The third-order valence-electron chi connectivity index (χ3n) is 12.0. The van der Waals surface area contributed by atoms with Crippen molar-refractivity contribution in [1.82, 2.24) is 23.5 Å². The average Bonchev–Trinajstić information content (AvgIpc) is 3.91. The van der Waals surface area contributed by atoms with Gasteiger partial charge in [-0.2, -0.15) is 4.31 Å². The molecule has 3 aliphatic heterocycles. The molecule has 0 aliphatic carbocycles. The summed E-state index contributed by atoms with van der Waals surface area (Å²) >= 11 is 0. The second-order valence-corrected chi connectivity index (χ2v) is 19.9. The van der Waals surface area contributed by atoms with E-state index in [0.29, 0.717) is 38.3 Å². The molecule has 7 aromatic rings. The van der Waals surface area contributed by atoms with Gasteiger partial charge in [0.1, 0.15) is 12.2 Å². The number of imide groups is 1. The van der Waals surface area contributed by atoms with E-state index in [1.807, 2.05) is 66.9 Å². The van der Waals surface area contributed by atoms with E-state index in [1.165, 1.54) is 23.5 Å². The molecule has 0 radical (unpaired) electrons. The van der Waals surface area contributed by atoms with E-state index in [1.54, 1.807) is 50.2 Å². The molecular weight excluding hydrogens is 791 g/mol. The third-order valence-corrected chi connectivity index (χ3v) is 15.4. The Bertz CT molecular complexity index is 3160. The maximum atomic E-state index is 15.1. The van der Waals surface area contributed by atoms with Crippen molar-refractivity contribution in [1.29, 1.82) is 0 Å². The molecule has 0 bridgehead atoms. The number of aromatic nitrogens is 2. The Kier molecular flexibility index (Phi) is 8.36. The minimum atomic E-state index is -4.33. The SMILES string of the molecule is Cc1ccc(S(=O)(=O)N[C@H]2CN(S(=O)(=O)c3ccc(C)cc3)[C@@H](Cn3c4ccccc4c4c5c(c6c7ccccc7[nH]c6c43)C(=O)N(C)C5=O)[C@H]3OC(C)(C)O[C@@H]32)cc1. The van der Waals surface area contributed by atoms with Gasteiger partial charge in [-0.25, -0.2) is 21.6 Å². The molecule has 2 fully saturated rings. The predicted molar refractivity (Wildman–Crippen MR) is 223 cm³/mol. The van der Waals surface area contributed by atoms with E-state index in [4.69, 9.17) is 9.47 Å². The molecule has 5 heterocycles. The van der Waals surface area contributed by atoms with Crippen LogP contribution in [-0.2, 0) is 36.1 Å². The standard InChI is InChI=1S/C44H41N5O8S2/c1-24-14-18-26(19-15-24)58(52,53)46-31-22-49(59(54,55)27-20-16-25(2)17-21-27)33(41-40(31)56-44(3,4)57-41)23-48-32-13-9-7-11-29(32)35-37-36(42(50)47(5)43(37)51)34-28-10-6-8-12-30(28)45-38(34)39(35)48/h6-21,31,33,40-41,45-46H,22-23H2,1-5H3/t31-,33-,40+,41+/m0/s1. The highest BCUT2D eigenvalue weighted by Gasteiger charge is 2.57. The first-order valence-electron chi connectivity index (χ1n) is 19.4. The van der Waals surface area contributed by atoms with E-state index in [0.717, 1.165) is 26.9 Å². The first-order chi connectivity index (χ1) is 28.1. The molecule has 0 spiro atoms. The quantitative estimate of drug-likeness (QED) is 0.179. The number of piperidine rings is 1. The Hall–Kier alpha value is -5.42. The second kappa shape index (κ2) is 13.0. The lowest BCUT2D eigenvalue weighted by Crippen LogP contribution is -2.66. The summed E-state index contributed by atoms with van der Waals surface area (Å²) < 4.78 is 77.4. The van der Waals surface area contributed by atoms with Crippen LogP contribution in [0.2, 0.25) is 0 Å². The summed E-state index contributed by atoms with van der Waals surface area (Å²) in [5.74, 6) is -2.04. The molecule has 10 rings (SSSR count). The van der Waals surface area contributed by atoms with Crippen molar-refractivity contribution < 1.29 is 35.9 Å². The molecule has 2 saturated heterocycles. The number of rotatable bonds is 7. The van der Waals surface area contributed by atoms with Crippen LogP contribution < -0.4 is 4.72 Å². The van der Waals surface area contributed by atoms with Crippen molar-refractivity contribution in [2.75, 3.05) is 13.6 Å². The lowest BCUT2D eigenvalue weighted by Gasteiger charge is -2.44. The number of para-hydroxylation sites is 2. The van der Waals surface area contributed by atoms with Gasteiger partial charge in [0.15, 0.2) is 5.79 Å². The minimum absolute atomic E-state index is 0.00831. The Morgan fingerprint density at radius 1 is 0.746 bits per heavy atom. The summed E-state index contributed by atoms with van der Waals surface area (Å²) in [7, 11) is -7.00. The van der Waals surface area contributed by atoms with E-state index in [2.05, 4.69) is 9.71 Å². The van der Waals surface area contributed by atoms with Crippen LogP contribution in [0.1, 0.15) is 45.7 Å². The molecule has 2 aromatic heterocycles. The van der Waals surface area contributed by atoms with Gasteiger partial charge in [-0.1, -0.05) is 71.8 Å². The van der Waals surface area contributed by atoms with Crippen LogP contribution in [0.25, 0.3) is 43.6 Å². The number of hydrogen-bond acceptors (Lipinski definition) is 8. The molecule has 59 heavy (non-hydrogen) atoms. The van der Waals surface area contributed by atoms with Crippen LogP contribution >= 0.6 is 0 Å². The number of amides is 2. The molecule has 0 saturated carbocycles. The number of nitrogens with one attached hydrogen (secondary N) is 2. The zero-order chi connectivity index (χ0) is 41.3. The molecule has 2 N–H and O–H groups in total. The number of sulfonamides is 2. The van der Waals surface area contributed by atoms with Gasteiger partial charge in [-0.15, -0.1) is 0 Å². The number of nitrogens with zero attached hydrogens (tertiary/aromatic N) is 3. The van der Waals surface area contributed by atoms with E-state index in [-0.39, 0.29) is 28.4 Å². The van der Waals surface area contributed by atoms with Crippen LogP contribution in [0.5, 0.6) is 0 Å². The van der Waals surface area contributed by atoms with Gasteiger partial charge in [0.25, 0.3) is 11.8 Å². The fourth-order valence-electron chi connectivity index (χ4n) is 9.31. The second-order valence-electron chi connectivity index (χ2n) is 16.3. The lowest BCUT2D eigenvalue weighted by molar-refractivity contribution is -0.148. The number of carbonyl (C=O) groups is 2. The smallest absolute Gasteiger partial charge is 0.262 e. The molecule has 2 amide bonds. The van der Waals surface area contributed by atoms with Crippen molar-refractivity contribution in [3.05, 3.63) is 119 Å². The zero-order valence-corrected chi connectivity index (χ0v) is 34.5. The molecule has 4 atom stereocenters.